The van der Waals surface area contributed by atoms with Gasteiger partial charge in [-0.3, -0.25) is 9.69 Å². The second-order valence-electron chi connectivity index (χ2n) is 6.98. The number of benzene rings is 2. The largest absolute Gasteiger partial charge is 0.492 e. The van der Waals surface area contributed by atoms with Crippen molar-refractivity contribution >= 4 is 28.4 Å². The summed E-state index contributed by atoms with van der Waals surface area (Å²) in [4.78, 5) is 13.4. The number of carbonyl (C=O) groups is 1. The maximum atomic E-state index is 10.9. The van der Waals surface area contributed by atoms with Crippen LogP contribution in [-0.2, 0) is 4.79 Å². The average molecular weight is 422 g/mol. The Hall–Kier alpha value is -1.75. The molecule has 4 nitrogen and oxygen atoms in total. The minimum absolute atomic E-state index is 0.259. The van der Waals surface area contributed by atoms with Gasteiger partial charge in [0.1, 0.15) is 23.9 Å². The highest BCUT2D eigenvalue weighted by Gasteiger charge is 2.22. The van der Waals surface area contributed by atoms with E-state index in [2.05, 4.69) is 4.90 Å². The minimum atomic E-state index is -0.259. The van der Waals surface area contributed by atoms with Crippen LogP contribution in [0.2, 0.25) is 5.02 Å². The monoisotopic (exact) mass is 421 g/mol. The number of ether oxygens (including phenoxy) is 2. The van der Waals surface area contributed by atoms with E-state index in [-0.39, 0.29) is 5.24 Å². The summed E-state index contributed by atoms with van der Waals surface area (Å²) in [5.41, 5.74) is 0. The molecule has 3 rings (SSSR count). The molecule has 150 valence electrons. The van der Waals surface area contributed by atoms with Crippen LogP contribution in [0.25, 0.3) is 0 Å². The molecule has 2 aromatic carbocycles. The van der Waals surface area contributed by atoms with E-state index >= 15 is 0 Å². The van der Waals surface area contributed by atoms with Gasteiger partial charge in [-0.2, -0.15) is 0 Å². The van der Waals surface area contributed by atoms with Gasteiger partial charge in [-0.1, -0.05) is 18.0 Å². The van der Waals surface area contributed by atoms with E-state index < -0.39 is 0 Å². The fourth-order valence-corrected chi connectivity index (χ4v) is 3.66. The van der Waals surface area contributed by atoms with Crippen LogP contribution in [0, 0.1) is 0 Å². The van der Waals surface area contributed by atoms with Crippen molar-refractivity contribution in [2.75, 3.05) is 19.7 Å². The zero-order valence-electron chi connectivity index (χ0n) is 15.8. The molecule has 0 unspecified atom stereocenters. The van der Waals surface area contributed by atoms with Crippen LogP contribution in [0.3, 0.4) is 0 Å². The van der Waals surface area contributed by atoms with Gasteiger partial charge in [-0.25, -0.2) is 0 Å². The first-order valence-corrected chi connectivity index (χ1v) is 10.4. The Morgan fingerprint density at radius 3 is 2.32 bits per heavy atom. The third-order valence-electron chi connectivity index (χ3n) is 4.88. The topological polar surface area (TPSA) is 38.8 Å². The number of rotatable bonds is 9. The number of hydrogen-bond acceptors (Lipinski definition) is 4. The van der Waals surface area contributed by atoms with Crippen LogP contribution in [0.1, 0.15) is 32.1 Å². The van der Waals surface area contributed by atoms with Crippen molar-refractivity contribution in [3.63, 3.8) is 0 Å². The third-order valence-corrected chi connectivity index (χ3v) is 5.32. The zero-order chi connectivity index (χ0) is 19.8. The van der Waals surface area contributed by atoms with Gasteiger partial charge in [0.15, 0.2) is 0 Å². The highest BCUT2D eigenvalue weighted by molar-refractivity contribution is 6.63. The molecule has 0 N–H and O–H groups in total. The molecule has 1 heterocycles. The SMILES string of the molecule is O=C(Cl)CCCN1CCCC[C@@H]1COc1ccc(Oc2ccc(Cl)cc2)cc1. The van der Waals surface area contributed by atoms with Crippen LogP contribution < -0.4 is 9.47 Å². The molecule has 1 saturated heterocycles. The van der Waals surface area contributed by atoms with Crippen molar-refractivity contribution in [2.45, 2.75) is 38.1 Å². The van der Waals surface area contributed by atoms with Crippen LogP contribution in [0.15, 0.2) is 48.5 Å². The van der Waals surface area contributed by atoms with E-state index in [1.165, 1.54) is 12.8 Å². The second-order valence-corrected chi connectivity index (χ2v) is 7.84. The maximum Gasteiger partial charge on any atom is 0.221 e. The molecule has 6 heteroatoms. The molecule has 0 aliphatic carbocycles. The van der Waals surface area contributed by atoms with E-state index in [1.54, 1.807) is 12.1 Å². The fourth-order valence-electron chi connectivity index (χ4n) is 3.40. The summed E-state index contributed by atoms with van der Waals surface area (Å²) >= 11 is 11.3. The predicted molar refractivity (Wildman–Crippen MR) is 113 cm³/mol. The molecule has 1 atom stereocenters. The fraction of sp³-hybridized carbons (Fsp3) is 0.409. The van der Waals surface area contributed by atoms with Gasteiger partial charge in [-0.15, -0.1) is 0 Å². The summed E-state index contributed by atoms with van der Waals surface area (Å²) in [6.45, 7) is 2.59. The molecular formula is C22H25Cl2NO3. The first-order chi connectivity index (χ1) is 13.6. The van der Waals surface area contributed by atoms with Gasteiger partial charge in [-0.05, 0) is 92.5 Å². The zero-order valence-corrected chi connectivity index (χ0v) is 17.3. The molecule has 0 radical (unpaired) electrons. The van der Waals surface area contributed by atoms with E-state index in [0.717, 1.165) is 43.2 Å². The molecule has 0 amide bonds. The highest BCUT2D eigenvalue weighted by Crippen LogP contribution is 2.26. The van der Waals surface area contributed by atoms with Crippen molar-refractivity contribution in [3.05, 3.63) is 53.6 Å². The van der Waals surface area contributed by atoms with Gasteiger partial charge in [0.25, 0.3) is 0 Å². The molecule has 2 aromatic rings. The number of halogens is 2. The Bertz CT molecular complexity index is 749. The lowest BCUT2D eigenvalue weighted by Crippen LogP contribution is -2.43. The van der Waals surface area contributed by atoms with Crippen LogP contribution in [0.5, 0.6) is 17.2 Å². The van der Waals surface area contributed by atoms with Crippen LogP contribution in [-0.4, -0.2) is 35.9 Å². The van der Waals surface area contributed by atoms with E-state index in [4.69, 9.17) is 32.7 Å². The van der Waals surface area contributed by atoms with Crippen molar-refractivity contribution < 1.29 is 14.3 Å². The Kier molecular flexibility index (Phi) is 8.01. The third kappa shape index (κ3) is 6.69. The van der Waals surface area contributed by atoms with Gasteiger partial charge in [0.2, 0.25) is 5.24 Å². The molecule has 0 aromatic heterocycles. The smallest absolute Gasteiger partial charge is 0.221 e. The van der Waals surface area contributed by atoms with Crippen molar-refractivity contribution in [3.8, 4) is 17.2 Å². The first-order valence-electron chi connectivity index (χ1n) is 9.69. The van der Waals surface area contributed by atoms with Gasteiger partial charge >= 0.3 is 0 Å². The van der Waals surface area contributed by atoms with Gasteiger partial charge < -0.3 is 9.47 Å². The molecule has 1 aliphatic rings. The summed E-state index contributed by atoms with van der Waals surface area (Å²) < 4.78 is 11.8. The lowest BCUT2D eigenvalue weighted by atomic mass is 10.0. The number of hydrogen-bond donors (Lipinski definition) is 0. The lowest BCUT2D eigenvalue weighted by Gasteiger charge is -2.35. The predicted octanol–water partition coefficient (Wildman–Crippen LogP) is 5.91. The summed E-state index contributed by atoms with van der Waals surface area (Å²) in [5.74, 6) is 2.32. The Morgan fingerprint density at radius 1 is 1.00 bits per heavy atom. The molecule has 1 aliphatic heterocycles. The van der Waals surface area contributed by atoms with E-state index in [0.29, 0.717) is 24.1 Å². The molecule has 0 spiro atoms. The lowest BCUT2D eigenvalue weighted by molar-refractivity contribution is -0.111. The van der Waals surface area contributed by atoms with Crippen molar-refractivity contribution in [2.24, 2.45) is 0 Å². The van der Waals surface area contributed by atoms with Gasteiger partial charge in [0, 0.05) is 17.5 Å². The number of piperidine rings is 1. The molecular weight excluding hydrogens is 397 g/mol. The van der Waals surface area contributed by atoms with Crippen molar-refractivity contribution in [1.82, 2.24) is 4.90 Å². The maximum absolute atomic E-state index is 10.9. The normalized spacial score (nSPS) is 17.3. The Balaban J connectivity index is 1.48. The number of nitrogens with zero attached hydrogens (tertiary/aromatic N) is 1. The Labute approximate surface area is 176 Å². The number of likely N-dealkylation sites (tertiary alicyclic amines) is 1. The quantitative estimate of drug-likeness (QED) is 0.471. The molecule has 28 heavy (non-hydrogen) atoms. The molecule has 0 saturated carbocycles. The van der Waals surface area contributed by atoms with Crippen LogP contribution >= 0.6 is 23.2 Å². The molecule has 0 bridgehead atoms. The minimum Gasteiger partial charge on any atom is -0.492 e. The Morgan fingerprint density at radius 2 is 1.64 bits per heavy atom. The van der Waals surface area contributed by atoms with Gasteiger partial charge in [0.05, 0.1) is 0 Å². The first kappa shape index (κ1) is 21.0. The summed E-state index contributed by atoms with van der Waals surface area (Å²) in [6, 6.07) is 15.3. The summed E-state index contributed by atoms with van der Waals surface area (Å²) in [7, 11) is 0. The summed E-state index contributed by atoms with van der Waals surface area (Å²) in [6.07, 6.45) is 4.76. The standard InChI is InChI=1S/C22H25Cl2NO3/c23-17-6-8-20(9-7-17)28-21-12-10-19(11-13-21)27-16-18-4-1-2-14-25(18)15-3-5-22(24)26/h6-13,18H,1-5,14-16H2/t18-/m1/s1. The highest BCUT2D eigenvalue weighted by atomic mass is 35.5. The van der Waals surface area contributed by atoms with Crippen LogP contribution in [0.4, 0.5) is 0 Å². The second kappa shape index (κ2) is 10.7. The molecule has 1 fully saturated rings. The van der Waals surface area contributed by atoms with Crippen molar-refractivity contribution in [1.29, 1.82) is 0 Å². The van der Waals surface area contributed by atoms with E-state index in [1.807, 2.05) is 36.4 Å². The number of carbonyl (C=O) groups excluding carboxylic acids is 1. The average Bonchev–Trinajstić information content (AvgIpc) is 2.70. The summed E-state index contributed by atoms with van der Waals surface area (Å²) in [5, 5.41) is 0.424. The van der Waals surface area contributed by atoms with E-state index in [9.17, 15) is 4.79 Å².